The number of Topliss-reactive ketones (excluding diaryl/α,β-unsaturated/α-hetero) is 1. The minimum Gasteiger partial charge on any atom is -0.439 e. The summed E-state index contributed by atoms with van der Waals surface area (Å²) in [6, 6.07) is 0. The normalized spacial score (nSPS) is 33.9. The fraction of sp³-hybridized carbons (Fsp3) is 0.481. The lowest BCUT2D eigenvalue weighted by atomic mass is 9.85. The molecule has 0 fully saturated rings. The highest BCUT2D eigenvalue weighted by Gasteiger charge is 2.32. The van der Waals surface area contributed by atoms with Crippen LogP contribution < -0.4 is 16.8 Å². The van der Waals surface area contributed by atoms with Gasteiger partial charge in [0, 0.05) is 30.2 Å². The number of fused-ring (bicyclic) bond motifs is 2. The van der Waals surface area contributed by atoms with E-state index < -0.39 is 53.9 Å². The first-order valence-electron chi connectivity index (χ1n) is 12.3. The average molecular weight is 532 g/mol. The summed E-state index contributed by atoms with van der Waals surface area (Å²) >= 11 is 0. The van der Waals surface area contributed by atoms with E-state index in [1.165, 1.54) is 26.2 Å². The minimum absolute atomic E-state index is 0.0413. The van der Waals surface area contributed by atoms with Gasteiger partial charge >= 0.3 is 6.09 Å². The van der Waals surface area contributed by atoms with Gasteiger partial charge in [-0.25, -0.2) is 4.79 Å². The Morgan fingerprint density at radius 2 is 1.82 bits per heavy atom. The predicted octanol–water partition coefficient (Wildman–Crippen LogP) is 1.07. The maximum Gasteiger partial charge on any atom is 0.405 e. The van der Waals surface area contributed by atoms with Crippen LogP contribution >= 0.6 is 0 Å². The second-order valence-electron chi connectivity index (χ2n) is 9.76. The molecule has 0 unspecified atom stereocenters. The van der Waals surface area contributed by atoms with Crippen LogP contribution in [-0.2, 0) is 23.9 Å². The Hall–Kier alpha value is -3.54. The van der Waals surface area contributed by atoms with E-state index in [2.05, 4.69) is 5.32 Å². The van der Waals surface area contributed by atoms with Crippen LogP contribution in [0.5, 0.6) is 0 Å². The zero-order valence-corrected chi connectivity index (χ0v) is 22.3. The van der Waals surface area contributed by atoms with Gasteiger partial charge in [-0.15, -0.1) is 0 Å². The molecule has 1 aliphatic heterocycles. The largest absolute Gasteiger partial charge is 0.439 e. The zero-order valence-electron chi connectivity index (χ0n) is 22.3. The quantitative estimate of drug-likeness (QED) is 0.256. The van der Waals surface area contributed by atoms with Gasteiger partial charge in [0.05, 0.1) is 23.6 Å². The van der Waals surface area contributed by atoms with Crippen LogP contribution in [0.3, 0.4) is 0 Å². The maximum absolute atomic E-state index is 13.1. The molecule has 2 amide bonds. The molecular formula is C27H37N3O8. The standard InChI is InChI=1S/C27H37N3O8/c1-13-9-17-22(28)19(31)12-18(24(17)34)30-26(35)14(2)7-6-8-21(37-5)25(38-27(29)36)16(4)11-15(3)23(33)20(32)10-13/h6-8,11-13,15,20-21,23,25,32-33H,9-10,28H2,1-5H3,(H2,29,36)(H,30,35)/b8-6-,14-7+,16-11+/t13-,15+,20+,21+,23-,25+/m1/s1. The van der Waals surface area contributed by atoms with Crippen LogP contribution in [0.2, 0.25) is 0 Å². The number of primary amides is 1. The molecule has 38 heavy (non-hydrogen) atoms. The molecule has 0 saturated heterocycles. The highest BCUT2D eigenvalue weighted by atomic mass is 16.6. The molecule has 2 rings (SSSR count). The van der Waals surface area contributed by atoms with Crippen LogP contribution in [0.15, 0.2) is 58.5 Å². The first-order chi connectivity index (χ1) is 17.8. The number of hydrogen-bond donors (Lipinski definition) is 5. The lowest BCUT2D eigenvalue weighted by Gasteiger charge is -2.28. The Morgan fingerprint density at radius 1 is 1.16 bits per heavy atom. The highest BCUT2D eigenvalue weighted by molar-refractivity contribution is 6.23. The molecule has 2 bridgehead atoms. The smallest absolute Gasteiger partial charge is 0.405 e. The van der Waals surface area contributed by atoms with Gasteiger partial charge in [0.25, 0.3) is 5.91 Å². The van der Waals surface area contributed by atoms with Gasteiger partial charge in [-0.2, -0.15) is 0 Å². The topological polar surface area (TPSA) is 191 Å². The number of amides is 2. The van der Waals surface area contributed by atoms with Crippen molar-refractivity contribution in [1.29, 1.82) is 0 Å². The molecule has 0 spiro atoms. The van der Waals surface area contributed by atoms with Gasteiger partial charge < -0.3 is 36.5 Å². The Labute approximate surface area is 221 Å². The molecule has 0 radical (unpaired) electrons. The van der Waals surface area contributed by atoms with Crippen LogP contribution in [0.4, 0.5) is 4.79 Å². The third-order valence-electron chi connectivity index (χ3n) is 6.56. The van der Waals surface area contributed by atoms with Crippen LogP contribution in [-0.4, -0.2) is 65.3 Å². The molecule has 208 valence electrons. The number of hydrogen-bond acceptors (Lipinski definition) is 9. The van der Waals surface area contributed by atoms with E-state index in [0.29, 0.717) is 5.57 Å². The van der Waals surface area contributed by atoms with Crippen molar-refractivity contribution in [3.8, 4) is 0 Å². The summed E-state index contributed by atoms with van der Waals surface area (Å²) in [7, 11) is 1.40. The van der Waals surface area contributed by atoms with Crippen LogP contribution in [0.25, 0.3) is 0 Å². The molecule has 7 N–H and O–H groups in total. The molecule has 0 aromatic heterocycles. The van der Waals surface area contributed by atoms with E-state index in [9.17, 15) is 29.4 Å². The third kappa shape index (κ3) is 7.73. The minimum atomic E-state index is -1.20. The van der Waals surface area contributed by atoms with Crippen molar-refractivity contribution in [2.45, 2.75) is 65.0 Å². The van der Waals surface area contributed by atoms with Crippen molar-refractivity contribution in [2.24, 2.45) is 23.3 Å². The van der Waals surface area contributed by atoms with Gasteiger partial charge in [0.2, 0.25) is 11.6 Å². The molecule has 1 heterocycles. The second kappa shape index (κ2) is 13.3. The number of allylic oxidation sites excluding steroid dienone is 4. The average Bonchev–Trinajstić information content (AvgIpc) is 2.84. The highest BCUT2D eigenvalue weighted by Crippen LogP contribution is 2.27. The van der Waals surface area contributed by atoms with Crippen molar-refractivity contribution in [1.82, 2.24) is 5.32 Å². The lowest BCUT2D eigenvalue weighted by Crippen LogP contribution is -2.36. The number of carbonyl (C=O) groups excluding carboxylic acids is 4. The SMILES string of the molecule is CO[C@H]1/C=C\C=C(/C)C(=O)NC2=CC(=O)C(N)=C(C[C@@H](C)C[C@H](O)[C@H](O)[C@@H](C)/C=C(\C)[C@@H]1OC(N)=O)C2=O. The number of rotatable bonds is 2. The predicted molar refractivity (Wildman–Crippen MR) is 139 cm³/mol. The van der Waals surface area contributed by atoms with Gasteiger partial charge in [-0.3, -0.25) is 14.4 Å². The molecule has 11 nitrogen and oxygen atoms in total. The van der Waals surface area contributed by atoms with E-state index in [1.807, 2.05) is 0 Å². The summed E-state index contributed by atoms with van der Waals surface area (Å²) in [5, 5.41) is 24.0. The van der Waals surface area contributed by atoms with E-state index >= 15 is 0 Å². The van der Waals surface area contributed by atoms with E-state index in [1.54, 1.807) is 32.9 Å². The van der Waals surface area contributed by atoms with E-state index in [0.717, 1.165) is 6.08 Å². The summed E-state index contributed by atoms with van der Waals surface area (Å²) < 4.78 is 10.7. The van der Waals surface area contributed by atoms with Crippen molar-refractivity contribution < 1.29 is 38.9 Å². The Balaban J connectivity index is 2.54. The first-order valence-corrected chi connectivity index (χ1v) is 12.3. The number of carbonyl (C=O) groups is 4. The Morgan fingerprint density at radius 3 is 2.42 bits per heavy atom. The molecule has 0 aromatic carbocycles. The van der Waals surface area contributed by atoms with Crippen molar-refractivity contribution in [3.63, 3.8) is 0 Å². The van der Waals surface area contributed by atoms with Crippen LogP contribution in [0.1, 0.15) is 40.5 Å². The molecule has 0 saturated carbocycles. The molecular weight excluding hydrogens is 494 g/mol. The van der Waals surface area contributed by atoms with Gasteiger partial charge in [-0.05, 0) is 38.2 Å². The van der Waals surface area contributed by atoms with Gasteiger partial charge in [-0.1, -0.05) is 38.2 Å². The zero-order chi connectivity index (χ0) is 28.7. The molecule has 2 aliphatic rings. The number of ketones is 2. The number of methoxy groups -OCH3 is 1. The Bertz CT molecular complexity index is 1120. The molecule has 0 aromatic rings. The summed E-state index contributed by atoms with van der Waals surface area (Å²) in [4.78, 5) is 49.8. The summed E-state index contributed by atoms with van der Waals surface area (Å²) in [5.41, 5.74) is 11.5. The number of nitrogens with two attached hydrogens (primary N) is 2. The van der Waals surface area contributed by atoms with Crippen molar-refractivity contribution in [2.75, 3.05) is 7.11 Å². The number of nitrogens with one attached hydrogen (secondary N) is 1. The maximum atomic E-state index is 13.1. The number of ether oxygens (including phenoxy) is 2. The second-order valence-corrected chi connectivity index (χ2v) is 9.76. The van der Waals surface area contributed by atoms with Crippen molar-refractivity contribution in [3.05, 3.63) is 58.5 Å². The molecule has 6 atom stereocenters. The van der Waals surface area contributed by atoms with Gasteiger partial charge in [0.15, 0.2) is 6.10 Å². The monoisotopic (exact) mass is 531 g/mol. The first kappa shape index (κ1) is 30.7. The summed E-state index contributed by atoms with van der Waals surface area (Å²) in [6.07, 6.45) is 2.12. The van der Waals surface area contributed by atoms with E-state index in [4.69, 9.17) is 20.9 Å². The molecule has 1 aliphatic carbocycles. The number of aliphatic hydroxyl groups is 2. The third-order valence-corrected chi connectivity index (χ3v) is 6.56. The summed E-state index contributed by atoms with van der Waals surface area (Å²) in [5.74, 6) is -2.73. The lowest BCUT2D eigenvalue weighted by molar-refractivity contribution is -0.120. The molecule has 11 heteroatoms. The van der Waals surface area contributed by atoms with E-state index in [-0.39, 0.29) is 41.3 Å². The van der Waals surface area contributed by atoms with Crippen molar-refractivity contribution >= 4 is 23.6 Å². The Kier molecular flexibility index (Phi) is 10.7. The van der Waals surface area contributed by atoms with Crippen LogP contribution in [0, 0.1) is 11.8 Å². The number of aliphatic hydroxyl groups excluding tert-OH is 2. The van der Waals surface area contributed by atoms with Gasteiger partial charge in [0.1, 0.15) is 6.10 Å². The fourth-order valence-corrected chi connectivity index (χ4v) is 4.40. The fourth-order valence-electron chi connectivity index (χ4n) is 4.40. The summed E-state index contributed by atoms with van der Waals surface area (Å²) in [6.45, 7) is 6.62.